The number of hydrogen-bond acceptors (Lipinski definition) is 5. The molecule has 6 aromatic carbocycles. The summed E-state index contributed by atoms with van der Waals surface area (Å²) in [6.07, 6.45) is -1.44. The van der Waals surface area contributed by atoms with E-state index in [1.807, 2.05) is 55.6 Å². The lowest BCUT2D eigenvalue weighted by Gasteiger charge is -2.49. The van der Waals surface area contributed by atoms with Gasteiger partial charge in [-0.3, -0.25) is 4.99 Å². The summed E-state index contributed by atoms with van der Waals surface area (Å²) < 4.78 is 58.0. The molecule has 2 aliphatic heterocycles. The molecule has 8 rings (SSSR count). The minimum absolute atomic E-state index is 0.0895. The third-order valence-electron chi connectivity index (χ3n) is 10.7. The topological polar surface area (TPSA) is 46.1 Å². The highest BCUT2D eigenvalue weighted by molar-refractivity contribution is 6.18. The number of hydrogen-bond donors (Lipinski definition) is 1. The number of aliphatic imine (C=N–C) groups is 1. The lowest BCUT2D eigenvalue weighted by molar-refractivity contribution is -0.136. The largest absolute Gasteiger partial charge is 0.492 e. The SMILES string of the molecule is CCNc1ccc2c(C(F)(F)F)cc3c(c2c1)N=CC1(O3)N(CCOc2ccccc2)c2c(c3ccccc3c3ccccc23)C1(CC)CC. The summed E-state index contributed by atoms with van der Waals surface area (Å²) in [4.78, 5) is 7.32. The molecule has 8 heteroatoms. The van der Waals surface area contributed by atoms with Gasteiger partial charge in [0.05, 0.1) is 29.4 Å². The van der Waals surface area contributed by atoms with Crippen LogP contribution in [0.1, 0.15) is 44.7 Å². The van der Waals surface area contributed by atoms with E-state index in [-0.39, 0.29) is 11.1 Å². The van der Waals surface area contributed by atoms with Crippen LogP contribution in [0.4, 0.5) is 30.2 Å². The molecule has 1 atom stereocenters. The number of rotatable bonds is 8. The molecule has 0 fully saturated rings. The molecule has 0 saturated heterocycles. The van der Waals surface area contributed by atoms with Crippen LogP contribution in [0.15, 0.2) is 108 Å². The Morgan fingerprint density at radius 1 is 0.760 bits per heavy atom. The molecule has 0 bridgehead atoms. The van der Waals surface area contributed by atoms with Crippen molar-refractivity contribution in [3.63, 3.8) is 0 Å². The van der Waals surface area contributed by atoms with Gasteiger partial charge < -0.3 is 19.7 Å². The van der Waals surface area contributed by atoms with E-state index in [9.17, 15) is 13.2 Å². The van der Waals surface area contributed by atoms with Crippen molar-refractivity contribution in [2.75, 3.05) is 29.9 Å². The third-order valence-corrected chi connectivity index (χ3v) is 10.7. The second-order valence-corrected chi connectivity index (χ2v) is 13.0. The van der Waals surface area contributed by atoms with E-state index in [1.54, 1.807) is 12.1 Å². The fraction of sp³-hybridized carbons (Fsp3) is 0.262. The predicted octanol–water partition coefficient (Wildman–Crippen LogP) is 11.0. The molecule has 2 heterocycles. The Labute approximate surface area is 289 Å². The highest BCUT2D eigenvalue weighted by atomic mass is 19.4. The number of halogens is 3. The smallest absolute Gasteiger partial charge is 0.417 e. The number of fused-ring (bicyclic) bond motifs is 9. The summed E-state index contributed by atoms with van der Waals surface area (Å²) >= 11 is 0. The van der Waals surface area contributed by atoms with Gasteiger partial charge in [0.25, 0.3) is 0 Å². The molecule has 0 radical (unpaired) electrons. The Bertz CT molecular complexity index is 2280. The standard InChI is InChI=1S/C42H38F3N3O2/c1-4-40(5-2)37-32-18-12-10-16-29(32)30-17-11-13-19-33(30)39(37)48(22-23-49-28-14-8-7-9-15-28)41(40)26-47-38-34-24-27(46-6-3)20-21-31(34)35(42(43,44)45)25-36(38)50-41/h7-21,24-26,46H,4-6,22-23H2,1-3H3. The van der Waals surface area contributed by atoms with E-state index in [1.165, 1.54) is 6.07 Å². The van der Waals surface area contributed by atoms with Crippen molar-refractivity contribution in [3.05, 3.63) is 114 Å². The van der Waals surface area contributed by atoms with Gasteiger partial charge >= 0.3 is 6.18 Å². The first-order valence-corrected chi connectivity index (χ1v) is 17.3. The van der Waals surface area contributed by atoms with Gasteiger partial charge in [-0.15, -0.1) is 0 Å². The first kappa shape index (κ1) is 32.0. The molecule has 1 N–H and O–H groups in total. The lowest BCUT2D eigenvalue weighted by Crippen LogP contribution is -2.64. The summed E-state index contributed by atoms with van der Waals surface area (Å²) in [5.41, 5.74) is 0.557. The van der Waals surface area contributed by atoms with Gasteiger partial charge in [0.1, 0.15) is 23.8 Å². The van der Waals surface area contributed by atoms with E-state index in [2.05, 4.69) is 60.5 Å². The molecule has 1 unspecified atom stereocenters. The van der Waals surface area contributed by atoms with Crippen molar-refractivity contribution >= 4 is 55.6 Å². The zero-order valence-electron chi connectivity index (χ0n) is 28.3. The van der Waals surface area contributed by atoms with Crippen LogP contribution in [0.25, 0.3) is 32.3 Å². The maximum atomic E-state index is 14.8. The van der Waals surface area contributed by atoms with Gasteiger partial charge in [0, 0.05) is 23.0 Å². The van der Waals surface area contributed by atoms with Crippen LogP contribution in [-0.4, -0.2) is 31.6 Å². The van der Waals surface area contributed by atoms with E-state index in [4.69, 9.17) is 14.5 Å². The van der Waals surface area contributed by atoms with Gasteiger partial charge in [-0.05, 0) is 77.2 Å². The molecule has 0 aliphatic carbocycles. The summed E-state index contributed by atoms with van der Waals surface area (Å²) in [6.45, 7) is 7.58. The van der Waals surface area contributed by atoms with Crippen molar-refractivity contribution < 1.29 is 22.6 Å². The second-order valence-electron chi connectivity index (χ2n) is 13.0. The van der Waals surface area contributed by atoms with Crippen molar-refractivity contribution in [2.24, 2.45) is 4.99 Å². The molecular weight excluding hydrogens is 635 g/mol. The molecule has 0 amide bonds. The van der Waals surface area contributed by atoms with Crippen LogP contribution < -0.4 is 19.7 Å². The average molecular weight is 674 g/mol. The van der Waals surface area contributed by atoms with Gasteiger partial charge in [-0.1, -0.05) is 86.6 Å². The fourth-order valence-corrected chi connectivity index (χ4v) is 8.49. The Kier molecular flexibility index (Phi) is 7.66. The number of nitrogens with zero attached hydrogens (tertiary/aromatic N) is 2. The summed E-state index contributed by atoms with van der Waals surface area (Å²) in [5.74, 6) is 0.852. The van der Waals surface area contributed by atoms with Crippen LogP contribution in [0.3, 0.4) is 0 Å². The molecule has 1 spiro atoms. The lowest BCUT2D eigenvalue weighted by atomic mass is 9.68. The number of anilines is 2. The average Bonchev–Trinajstić information content (AvgIpc) is 3.36. The first-order valence-electron chi connectivity index (χ1n) is 17.3. The molecule has 2 aliphatic rings. The van der Waals surface area contributed by atoms with Crippen molar-refractivity contribution in [1.82, 2.24) is 0 Å². The van der Waals surface area contributed by atoms with Crippen LogP contribution >= 0.6 is 0 Å². The van der Waals surface area contributed by atoms with Crippen molar-refractivity contribution in [2.45, 2.75) is 50.9 Å². The Hall–Kier alpha value is -5.24. The van der Waals surface area contributed by atoms with Gasteiger partial charge in [-0.2, -0.15) is 13.2 Å². The van der Waals surface area contributed by atoms with Crippen LogP contribution in [0.5, 0.6) is 11.5 Å². The van der Waals surface area contributed by atoms with Crippen LogP contribution in [-0.2, 0) is 11.6 Å². The highest BCUT2D eigenvalue weighted by Gasteiger charge is 2.64. The second kappa shape index (κ2) is 12.0. The van der Waals surface area contributed by atoms with Crippen molar-refractivity contribution in [1.29, 1.82) is 0 Å². The minimum atomic E-state index is -4.61. The molecule has 0 saturated carbocycles. The van der Waals surface area contributed by atoms with E-state index < -0.39 is 22.9 Å². The molecule has 0 aromatic heterocycles. The zero-order valence-corrected chi connectivity index (χ0v) is 28.3. The molecule has 50 heavy (non-hydrogen) atoms. The van der Waals surface area contributed by atoms with Crippen molar-refractivity contribution in [3.8, 4) is 11.5 Å². The fourth-order valence-electron chi connectivity index (χ4n) is 8.49. The Morgan fingerprint density at radius 2 is 1.42 bits per heavy atom. The predicted molar refractivity (Wildman–Crippen MR) is 198 cm³/mol. The summed E-state index contributed by atoms with van der Waals surface area (Å²) in [5, 5.41) is 8.10. The Balaban J connectivity index is 1.40. The van der Waals surface area contributed by atoms with E-state index >= 15 is 0 Å². The maximum absolute atomic E-state index is 14.8. The molecule has 254 valence electrons. The minimum Gasteiger partial charge on any atom is -0.492 e. The number of alkyl halides is 3. The first-order chi connectivity index (χ1) is 24.3. The van der Waals surface area contributed by atoms with Crippen LogP contribution in [0.2, 0.25) is 0 Å². The third kappa shape index (κ3) is 4.64. The number of nitrogens with one attached hydrogen (secondary N) is 1. The maximum Gasteiger partial charge on any atom is 0.417 e. The molecule has 5 nitrogen and oxygen atoms in total. The van der Waals surface area contributed by atoms with Gasteiger partial charge in [0.15, 0.2) is 0 Å². The normalized spacial score (nSPS) is 17.7. The van der Waals surface area contributed by atoms with Gasteiger partial charge in [0.2, 0.25) is 5.72 Å². The molecule has 6 aromatic rings. The van der Waals surface area contributed by atoms with Gasteiger partial charge in [-0.25, -0.2) is 0 Å². The monoisotopic (exact) mass is 673 g/mol. The Morgan fingerprint density at radius 3 is 2.10 bits per heavy atom. The summed E-state index contributed by atoms with van der Waals surface area (Å²) in [6, 6.07) is 32.5. The van der Waals surface area contributed by atoms with E-state index in [0.29, 0.717) is 43.6 Å². The number of ether oxygens (including phenoxy) is 2. The molecular formula is C42H38F3N3O2. The number of para-hydroxylation sites is 1. The quantitative estimate of drug-likeness (QED) is 0.163. The number of benzene rings is 6. The zero-order chi connectivity index (χ0) is 34.7. The highest BCUT2D eigenvalue weighted by Crippen LogP contribution is 2.62. The summed E-state index contributed by atoms with van der Waals surface area (Å²) in [7, 11) is 0. The van der Waals surface area contributed by atoms with E-state index in [0.717, 1.165) is 50.3 Å². The van der Waals surface area contributed by atoms with Crippen LogP contribution in [0, 0.1) is 0 Å².